The van der Waals surface area contributed by atoms with Crippen molar-refractivity contribution in [1.29, 1.82) is 0 Å². The Morgan fingerprint density at radius 3 is 2.60 bits per heavy atom. The van der Waals surface area contributed by atoms with Crippen LogP contribution in [0.5, 0.6) is 0 Å². The van der Waals surface area contributed by atoms with E-state index in [0.717, 1.165) is 27.8 Å². The number of aryl methyl sites for hydroxylation is 2. The fourth-order valence-electron chi connectivity index (χ4n) is 2.11. The predicted octanol–water partition coefficient (Wildman–Crippen LogP) is 4.76. The molecule has 20 heavy (non-hydrogen) atoms. The van der Waals surface area contributed by atoms with Gasteiger partial charge in [0.05, 0.1) is 5.56 Å². The summed E-state index contributed by atoms with van der Waals surface area (Å²) in [6, 6.07) is 11.4. The van der Waals surface area contributed by atoms with Crippen LogP contribution in [0.4, 0.5) is 11.4 Å². The van der Waals surface area contributed by atoms with Crippen molar-refractivity contribution in [3.63, 3.8) is 0 Å². The lowest BCUT2D eigenvalue weighted by atomic mass is 10.1. The topological polar surface area (TPSA) is 49.3 Å². The van der Waals surface area contributed by atoms with Gasteiger partial charge in [0.1, 0.15) is 0 Å². The minimum Gasteiger partial charge on any atom is -0.478 e. The molecule has 2 aromatic carbocycles. The Balaban J connectivity index is 2.31. The van der Waals surface area contributed by atoms with Crippen LogP contribution in [-0.2, 0) is 6.42 Å². The van der Waals surface area contributed by atoms with Crippen LogP contribution in [0.15, 0.2) is 40.9 Å². The van der Waals surface area contributed by atoms with Crippen molar-refractivity contribution >= 4 is 33.3 Å². The molecule has 2 N–H and O–H groups in total. The van der Waals surface area contributed by atoms with Crippen LogP contribution in [0.2, 0.25) is 0 Å². The van der Waals surface area contributed by atoms with Crippen molar-refractivity contribution in [3.05, 3.63) is 57.6 Å². The first-order valence-corrected chi connectivity index (χ1v) is 7.20. The van der Waals surface area contributed by atoms with Crippen molar-refractivity contribution in [2.75, 3.05) is 5.32 Å². The molecule has 4 heteroatoms. The zero-order valence-electron chi connectivity index (χ0n) is 11.4. The van der Waals surface area contributed by atoms with E-state index in [-0.39, 0.29) is 0 Å². The van der Waals surface area contributed by atoms with E-state index in [9.17, 15) is 4.79 Å². The number of hydrogen-bond acceptors (Lipinski definition) is 2. The van der Waals surface area contributed by atoms with Gasteiger partial charge in [0.2, 0.25) is 0 Å². The molecule has 0 fully saturated rings. The van der Waals surface area contributed by atoms with Crippen molar-refractivity contribution in [2.24, 2.45) is 0 Å². The molecule has 0 unspecified atom stereocenters. The van der Waals surface area contributed by atoms with E-state index in [4.69, 9.17) is 5.11 Å². The Morgan fingerprint density at radius 1 is 1.25 bits per heavy atom. The maximum Gasteiger partial charge on any atom is 0.335 e. The van der Waals surface area contributed by atoms with Gasteiger partial charge >= 0.3 is 5.97 Å². The molecular formula is C16H16BrNO2. The highest BCUT2D eigenvalue weighted by Gasteiger charge is 2.08. The Hall–Kier alpha value is -1.81. The second kappa shape index (κ2) is 6.09. The molecule has 104 valence electrons. The Labute approximate surface area is 126 Å². The lowest BCUT2D eigenvalue weighted by Crippen LogP contribution is -2.01. The molecule has 0 atom stereocenters. The maximum atomic E-state index is 11.0. The van der Waals surface area contributed by atoms with Crippen LogP contribution in [0.3, 0.4) is 0 Å². The van der Waals surface area contributed by atoms with Crippen LogP contribution >= 0.6 is 15.9 Å². The molecule has 0 spiro atoms. The van der Waals surface area contributed by atoms with Crippen molar-refractivity contribution in [3.8, 4) is 0 Å². The first-order chi connectivity index (χ1) is 9.51. The van der Waals surface area contributed by atoms with Crippen LogP contribution in [0, 0.1) is 6.92 Å². The SMILES string of the molecule is CCc1cc(Br)ccc1Nc1ccc(C(=O)O)c(C)c1. The summed E-state index contributed by atoms with van der Waals surface area (Å²) >= 11 is 3.47. The molecular weight excluding hydrogens is 318 g/mol. The molecule has 2 rings (SSSR count). The number of halogens is 1. The molecule has 0 saturated carbocycles. The number of carbonyl (C=O) groups is 1. The van der Waals surface area contributed by atoms with Crippen molar-refractivity contribution in [1.82, 2.24) is 0 Å². The highest BCUT2D eigenvalue weighted by molar-refractivity contribution is 9.10. The monoisotopic (exact) mass is 333 g/mol. The molecule has 0 bridgehead atoms. The molecule has 0 aliphatic rings. The molecule has 0 radical (unpaired) electrons. The summed E-state index contributed by atoms with van der Waals surface area (Å²) < 4.78 is 1.05. The van der Waals surface area contributed by atoms with E-state index in [2.05, 4.69) is 34.2 Å². The van der Waals surface area contributed by atoms with Crippen molar-refractivity contribution < 1.29 is 9.90 Å². The van der Waals surface area contributed by atoms with Crippen molar-refractivity contribution in [2.45, 2.75) is 20.3 Å². The number of benzene rings is 2. The van der Waals surface area contributed by atoms with Gasteiger partial charge in [-0.3, -0.25) is 0 Å². The summed E-state index contributed by atoms with van der Waals surface area (Å²) in [5.74, 6) is -0.896. The van der Waals surface area contributed by atoms with E-state index in [1.54, 1.807) is 19.1 Å². The van der Waals surface area contributed by atoms with E-state index in [1.165, 1.54) is 5.56 Å². The second-order valence-corrected chi connectivity index (χ2v) is 5.53. The van der Waals surface area contributed by atoms with E-state index in [1.807, 2.05) is 18.2 Å². The molecule has 2 aromatic rings. The molecule has 0 aliphatic carbocycles. The highest BCUT2D eigenvalue weighted by Crippen LogP contribution is 2.26. The third-order valence-corrected chi connectivity index (χ3v) is 3.68. The zero-order chi connectivity index (χ0) is 14.7. The predicted molar refractivity (Wildman–Crippen MR) is 84.9 cm³/mol. The van der Waals surface area contributed by atoms with Gasteiger partial charge in [0.25, 0.3) is 0 Å². The Bertz CT molecular complexity index is 653. The van der Waals surface area contributed by atoms with Gasteiger partial charge in [0.15, 0.2) is 0 Å². The molecule has 0 aliphatic heterocycles. The summed E-state index contributed by atoms with van der Waals surface area (Å²) in [6.07, 6.45) is 0.925. The number of hydrogen-bond donors (Lipinski definition) is 2. The van der Waals surface area contributed by atoms with Crippen LogP contribution in [0.1, 0.15) is 28.4 Å². The summed E-state index contributed by atoms with van der Waals surface area (Å²) in [7, 11) is 0. The van der Waals surface area contributed by atoms with Gasteiger partial charge in [0, 0.05) is 15.8 Å². The van der Waals surface area contributed by atoms with E-state index < -0.39 is 5.97 Å². The standard InChI is InChI=1S/C16H16BrNO2/c1-3-11-9-12(17)4-7-15(11)18-13-5-6-14(16(19)20)10(2)8-13/h4-9,18H,3H2,1-2H3,(H,19,20). The smallest absolute Gasteiger partial charge is 0.335 e. The Kier molecular flexibility index (Phi) is 4.45. The first-order valence-electron chi connectivity index (χ1n) is 6.40. The average Bonchev–Trinajstić information content (AvgIpc) is 2.40. The highest BCUT2D eigenvalue weighted by atomic mass is 79.9. The van der Waals surface area contributed by atoms with Gasteiger partial charge in [-0.05, 0) is 60.9 Å². The first kappa shape index (κ1) is 14.6. The number of rotatable bonds is 4. The fourth-order valence-corrected chi connectivity index (χ4v) is 2.52. The molecule has 3 nitrogen and oxygen atoms in total. The van der Waals surface area contributed by atoms with Crippen LogP contribution in [0.25, 0.3) is 0 Å². The molecule has 0 heterocycles. The molecule has 0 aromatic heterocycles. The maximum absolute atomic E-state index is 11.0. The fraction of sp³-hybridized carbons (Fsp3) is 0.188. The molecule has 0 amide bonds. The number of nitrogens with one attached hydrogen (secondary N) is 1. The van der Waals surface area contributed by atoms with Gasteiger partial charge in [-0.2, -0.15) is 0 Å². The van der Waals surface area contributed by atoms with E-state index >= 15 is 0 Å². The average molecular weight is 334 g/mol. The van der Waals surface area contributed by atoms with Gasteiger partial charge < -0.3 is 10.4 Å². The number of anilines is 2. The third kappa shape index (κ3) is 3.20. The largest absolute Gasteiger partial charge is 0.478 e. The Morgan fingerprint density at radius 2 is 2.00 bits per heavy atom. The lowest BCUT2D eigenvalue weighted by Gasteiger charge is -2.13. The normalized spacial score (nSPS) is 10.3. The zero-order valence-corrected chi connectivity index (χ0v) is 13.0. The second-order valence-electron chi connectivity index (χ2n) is 4.61. The third-order valence-electron chi connectivity index (χ3n) is 3.18. The van der Waals surface area contributed by atoms with Crippen LogP contribution in [-0.4, -0.2) is 11.1 Å². The molecule has 0 saturated heterocycles. The minimum absolute atomic E-state index is 0.335. The summed E-state index contributed by atoms with van der Waals surface area (Å²) in [6.45, 7) is 3.91. The quantitative estimate of drug-likeness (QED) is 0.847. The summed E-state index contributed by atoms with van der Waals surface area (Å²) in [5.41, 5.74) is 4.22. The number of carboxylic acid groups (broad SMARTS) is 1. The summed E-state index contributed by atoms with van der Waals surface area (Å²) in [4.78, 5) is 11.0. The van der Waals surface area contributed by atoms with Gasteiger partial charge in [-0.1, -0.05) is 22.9 Å². The van der Waals surface area contributed by atoms with Crippen LogP contribution < -0.4 is 5.32 Å². The van der Waals surface area contributed by atoms with Gasteiger partial charge in [-0.25, -0.2) is 4.79 Å². The number of aromatic carboxylic acids is 1. The lowest BCUT2D eigenvalue weighted by molar-refractivity contribution is 0.0696. The number of carboxylic acids is 1. The van der Waals surface area contributed by atoms with E-state index in [0.29, 0.717) is 5.56 Å². The van der Waals surface area contributed by atoms with Gasteiger partial charge in [-0.15, -0.1) is 0 Å². The minimum atomic E-state index is -0.896. The summed E-state index contributed by atoms with van der Waals surface area (Å²) in [5, 5.41) is 12.4.